The van der Waals surface area contributed by atoms with E-state index in [1.807, 2.05) is 38.1 Å². The zero-order valence-corrected chi connectivity index (χ0v) is 9.30. The van der Waals surface area contributed by atoms with Gasteiger partial charge in [0.2, 0.25) is 0 Å². The Labute approximate surface area is 88.9 Å². The molecule has 0 saturated heterocycles. The maximum absolute atomic E-state index is 11.4. The van der Waals surface area contributed by atoms with Crippen molar-refractivity contribution < 1.29 is 4.79 Å². The molecule has 0 fully saturated rings. The number of thioether (sulfide) groups is 1. The summed E-state index contributed by atoms with van der Waals surface area (Å²) < 4.78 is 0. The Morgan fingerprint density at radius 1 is 1.36 bits per heavy atom. The van der Waals surface area contributed by atoms with E-state index in [9.17, 15) is 4.79 Å². The van der Waals surface area contributed by atoms with E-state index in [4.69, 9.17) is 5.73 Å². The summed E-state index contributed by atoms with van der Waals surface area (Å²) in [6, 6.07) is 7.78. The van der Waals surface area contributed by atoms with E-state index in [1.165, 1.54) is 11.8 Å². The monoisotopic (exact) mass is 209 g/mol. The topological polar surface area (TPSA) is 43.1 Å². The van der Waals surface area contributed by atoms with E-state index in [0.29, 0.717) is 6.54 Å². The Morgan fingerprint density at radius 2 is 1.93 bits per heavy atom. The summed E-state index contributed by atoms with van der Waals surface area (Å²) in [6.45, 7) is 4.36. The fourth-order valence-electron chi connectivity index (χ4n) is 0.928. The van der Waals surface area contributed by atoms with Gasteiger partial charge in [0.25, 0.3) is 0 Å². The third-order valence-electron chi connectivity index (χ3n) is 1.85. The van der Waals surface area contributed by atoms with Crippen molar-refractivity contribution in [1.29, 1.82) is 0 Å². The molecule has 0 atom stereocenters. The summed E-state index contributed by atoms with van der Waals surface area (Å²) in [4.78, 5) is 12.4. The van der Waals surface area contributed by atoms with Gasteiger partial charge in [-0.15, -0.1) is 0 Å². The Balaban J connectivity index is 2.64. The number of carbonyl (C=O) groups is 1. The predicted molar refractivity (Wildman–Crippen MR) is 60.0 cm³/mol. The van der Waals surface area contributed by atoms with Gasteiger partial charge >= 0.3 is 0 Å². The molecule has 1 rings (SSSR count). The first-order valence-corrected chi connectivity index (χ1v) is 5.46. The first-order valence-electron chi connectivity index (χ1n) is 4.64. The minimum absolute atomic E-state index is 0.0779. The summed E-state index contributed by atoms with van der Waals surface area (Å²) >= 11 is 1.29. The normalized spacial score (nSPS) is 10.6. The van der Waals surface area contributed by atoms with Crippen molar-refractivity contribution in [1.82, 2.24) is 0 Å². The van der Waals surface area contributed by atoms with Crippen LogP contribution in [0.2, 0.25) is 0 Å². The molecule has 2 nitrogen and oxygen atoms in total. The highest BCUT2D eigenvalue weighted by atomic mass is 32.2. The van der Waals surface area contributed by atoms with Gasteiger partial charge in [-0.1, -0.05) is 37.7 Å². The fourth-order valence-corrected chi connectivity index (χ4v) is 1.67. The second-order valence-corrected chi connectivity index (χ2v) is 4.50. The number of nitrogens with two attached hydrogens (primary N) is 1. The van der Waals surface area contributed by atoms with E-state index in [0.717, 1.165) is 10.5 Å². The largest absolute Gasteiger partial charge is 0.326 e. The molecule has 76 valence electrons. The Morgan fingerprint density at radius 3 is 2.36 bits per heavy atom. The molecule has 1 aromatic carbocycles. The molecule has 0 unspecified atom stereocenters. The van der Waals surface area contributed by atoms with Crippen molar-refractivity contribution in [2.45, 2.75) is 25.3 Å². The highest BCUT2D eigenvalue weighted by Crippen LogP contribution is 2.22. The first kappa shape index (κ1) is 11.3. The third kappa shape index (κ3) is 3.16. The lowest BCUT2D eigenvalue weighted by Gasteiger charge is -2.03. The highest BCUT2D eigenvalue weighted by Gasteiger charge is 2.08. The Bertz CT molecular complexity index is 306. The average Bonchev–Trinajstić information content (AvgIpc) is 2.19. The molecule has 0 radical (unpaired) electrons. The first-order chi connectivity index (χ1) is 6.63. The van der Waals surface area contributed by atoms with Crippen LogP contribution in [0.5, 0.6) is 0 Å². The van der Waals surface area contributed by atoms with Gasteiger partial charge in [0.05, 0.1) is 0 Å². The van der Waals surface area contributed by atoms with E-state index in [1.54, 1.807) is 0 Å². The zero-order chi connectivity index (χ0) is 10.6. The molecular formula is C11H15NOS. The number of rotatable bonds is 3. The minimum atomic E-state index is 0.0779. The van der Waals surface area contributed by atoms with Gasteiger partial charge in [-0.3, -0.25) is 4.79 Å². The maximum Gasteiger partial charge on any atom is 0.196 e. The van der Waals surface area contributed by atoms with Gasteiger partial charge in [0.15, 0.2) is 5.12 Å². The quantitative estimate of drug-likeness (QED) is 0.777. The highest BCUT2D eigenvalue weighted by molar-refractivity contribution is 8.13. The van der Waals surface area contributed by atoms with Crippen molar-refractivity contribution in [3.05, 3.63) is 29.8 Å². The fraction of sp³-hybridized carbons (Fsp3) is 0.364. The summed E-state index contributed by atoms with van der Waals surface area (Å²) in [7, 11) is 0. The SMILES string of the molecule is CC(C)C(=O)Sc1ccc(CN)cc1. The summed E-state index contributed by atoms with van der Waals surface area (Å²) in [5.74, 6) is 0.0779. The number of carbonyl (C=O) groups excluding carboxylic acids is 1. The second kappa shape index (κ2) is 5.17. The molecule has 0 amide bonds. The second-order valence-electron chi connectivity index (χ2n) is 3.42. The van der Waals surface area contributed by atoms with Crippen LogP contribution in [0.15, 0.2) is 29.2 Å². The lowest BCUT2D eigenvalue weighted by Crippen LogP contribution is -2.01. The van der Waals surface area contributed by atoms with Gasteiger partial charge in [-0.2, -0.15) is 0 Å². The van der Waals surface area contributed by atoms with Crippen LogP contribution in [0.25, 0.3) is 0 Å². The molecule has 0 aromatic heterocycles. The summed E-state index contributed by atoms with van der Waals surface area (Å²) in [5, 5.41) is 0.200. The molecule has 2 N–H and O–H groups in total. The molecule has 0 aliphatic carbocycles. The molecule has 0 spiro atoms. The van der Waals surface area contributed by atoms with Crippen molar-refractivity contribution >= 4 is 16.9 Å². The molecule has 14 heavy (non-hydrogen) atoms. The lowest BCUT2D eigenvalue weighted by atomic mass is 10.2. The summed E-state index contributed by atoms with van der Waals surface area (Å²) in [6.07, 6.45) is 0. The average molecular weight is 209 g/mol. The number of hydrogen-bond acceptors (Lipinski definition) is 3. The molecule has 1 aromatic rings. The standard InChI is InChI=1S/C11H15NOS/c1-8(2)11(13)14-10-5-3-9(7-12)4-6-10/h3-6,8H,7,12H2,1-2H3. The van der Waals surface area contributed by atoms with Crippen LogP contribution in [0.4, 0.5) is 0 Å². The number of hydrogen-bond donors (Lipinski definition) is 1. The van der Waals surface area contributed by atoms with Crippen molar-refractivity contribution in [3.63, 3.8) is 0 Å². The van der Waals surface area contributed by atoms with Crippen LogP contribution in [0, 0.1) is 5.92 Å². The van der Waals surface area contributed by atoms with Crippen molar-refractivity contribution in [2.75, 3.05) is 0 Å². The van der Waals surface area contributed by atoms with E-state index < -0.39 is 0 Å². The van der Waals surface area contributed by atoms with Crippen LogP contribution in [0.3, 0.4) is 0 Å². The molecule has 0 heterocycles. The smallest absolute Gasteiger partial charge is 0.196 e. The van der Waals surface area contributed by atoms with Crippen LogP contribution in [0.1, 0.15) is 19.4 Å². The van der Waals surface area contributed by atoms with Crippen LogP contribution in [-0.4, -0.2) is 5.12 Å². The van der Waals surface area contributed by atoms with Gasteiger partial charge < -0.3 is 5.73 Å². The van der Waals surface area contributed by atoms with E-state index in [2.05, 4.69) is 0 Å². The predicted octanol–water partition coefficient (Wildman–Crippen LogP) is 2.42. The van der Waals surface area contributed by atoms with Gasteiger partial charge in [0.1, 0.15) is 0 Å². The molecular weight excluding hydrogens is 194 g/mol. The third-order valence-corrected chi connectivity index (χ3v) is 3.03. The lowest BCUT2D eigenvalue weighted by molar-refractivity contribution is -0.113. The van der Waals surface area contributed by atoms with Crippen molar-refractivity contribution in [2.24, 2.45) is 11.7 Å². The van der Waals surface area contributed by atoms with Crippen LogP contribution in [-0.2, 0) is 11.3 Å². The van der Waals surface area contributed by atoms with E-state index >= 15 is 0 Å². The minimum Gasteiger partial charge on any atom is -0.326 e. The molecule has 3 heteroatoms. The Kier molecular flexibility index (Phi) is 4.17. The van der Waals surface area contributed by atoms with Gasteiger partial charge in [-0.05, 0) is 17.7 Å². The molecule has 0 saturated carbocycles. The van der Waals surface area contributed by atoms with Gasteiger partial charge in [-0.25, -0.2) is 0 Å². The summed E-state index contributed by atoms with van der Waals surface area (Å²) in [5.41, 5.74) is 6.56. The van der Waals surface area contributed by atoms with Gasteiger partial charge in [0, 0.05) is 17.4 Å². The molecule has 0 aliphatic rings. The maximum atomic E-state index is 11.4. The van der Waals surface area contributed by atoms with Crippen LogP contribution >= 0.6 is 11.8 Å². The molecule has 0 bridgehead atoms. The number of benzene rings is 1. The van der Waals surface area contributed by atoms with Crippen LogP contribution < -0.4 is 5.73 Å². The zero-order valence-electron chi connectivity index (χ0n) is 8.49. The van der Waals surface area contributed by atoms with Crippen molar-refractivity contribution in [3.8, 4) is 0 Å². The molecule has 0 aliphatic heterocycles. The van der Waals surface area contributed by atoms with E-state index in [-0.39, 0.29) is 11.0 Å². The Hall–Kier alpha value is -0.800.